The van der Waals surface area contributed by atoms with Crippen LogP contribution < -0.4 is 0 Å². The van der Waals surface area contributed by atoms with Crippen LogP contribution in [0.25, 0.3) is 23.3 Å². The molecule has 1 aliphatic carbocycles. The highest BCUT2D eigenvalue weighted by atomic mass is 14.2. The fourth-order valence-electron chi connectivity index (χ4n) is 3.54. The Kier molecular flexibility index (Phi) is 6.14. The monoisotopic (exact) mass is 372 g/mol. The average Bonchev–Trinajstić information content (AvgIpc) is 3.17. The largest absolute Gasteiger partial charge is 0.0622 e. The van der Waals surface area contributed by atoms with Gasteiger partial charge in [0.2, 0.25) is 0 Å². The predicted molar refractivity (Wildman–Crippen MR) is 126 cm³/mol. The van der Waals surface area contributed by atoms with Crippen molar-refractivity contribution in [3.8, 4) is 11.1 Å². The van der Waals surface area contributed by atoms with Crippen molar-refractivity contribution >= 4 is 12.2 Å². The first-order chi connectivity index (χ1) is 14.4. The van der Waals surface area contributed by atoms with E-state index in [1.165, 1.54) is 33.4 Å². The van der Waals surface area contributed by atoms with Gasteiger partial charge in [-0.25, -0.2) is 0 Å². The minimum absolute atomic E-state index is 1.10. The van der Waals surface area contributed by atoms with Crippen molar-refractivity contribution in [3.05, 3.63) is 144 Å². The summed E-state index contributed by atoms with van der Waals surface area (Å²) in [6, 6.07) is 37.9. The molecule has 0 bridgehead atoms. The van der Waals surface area contributed by atoms with Gasteiger partial charge in [0.05, 0.1) is 0 Å². The van der Waals surface area contributed by atoms with Crippen molar-refractivity contribution in [2.45, 2.75) is 6.42 Å². The molecular formula is C29H24. The SMILES string of the molecule is C(/C=C/c1ccccc1)=C\c1ccccc1.c1ccc2c(c1)Cc1ccccc1-2. The standard InChI is InChI=1S/C16H14.C13H10/c1-3-9-15(10-4-1)13-7-8-14-16-11-5-2-6-12-16;1-3-7-12-10(5-1)9-11-6-2-4-8-13(11)12/h1-14H;1-8H,9H2/b13-7+,14-8+;. The Hall–Kier alpha value is -3.64. The molecule has 0 aliphatic heterocycles. The molecule has 0 heteroatoms. The van der Waals surface area contributed by atoms with Gasteiger partial charge in [0, 0.05) is 0 Å². The molecule has 1 aliphatic rings. The summed E-state index contributed by atoms with van der Waals surface area (Å²) < 4.78 is 0. The van der Waals surface area contributed by atoms with Crippen LogP contribution in [0.15, 0.2) is 121 Å². The Balaban J connectivity index is 0.000000144. The second-order valence-electron chi connectivity index (χ2n) is 7.03. The third-order valence-electron chi connectivity index (χ3n) is 4.99. The van der Waals surface area contributed by atoms with Crippen molar-refractivity contribution < 1.29 is 0 Å². The number of hydrogen-bond acceptors (Lipinski definition) is 0. The number of fused-ring (bicyclic) bond motifs is 3. The molecule has 0 radical (unpaired) electrons. The van der Waals surface area contributed by atoms with E-state index < -0.39 is 0 Å². The number of hydrogen-bond donors (Lipinski definition) is 0. The summed E-state index contributed by atoms with van der Waals surface area (Å²) in [4.78, 5) is 0. The average molecular weight is 373 g/mol. The lowest BCUT2D eigenvalue weighted by Gasteiger charge is -1.98. The first-order valence-electron chi connectivity index (χ1n) is 10.0. The van der Waals surface area contributed by atoms with Crippen molar-refractivity contribution in [2.24, 2.45) is 0 Å². The van der Waals surface area contributed by atoms with Gasteiger partial charge >= 0.3 is 0 Å². The zero-order chi connectivity index (χ0) is 19.7. The molecule has 29 heavy (non-hydrogen) atoms. The summed E-state index contributed by atoms with van der Waals surface area (Å²) in [5.41, 5.74) is 8.20. The summed E-state index contributed by atoms with van der Waals surface area (Å²) in [5.74, 6) is 0. The number of benzene rings is 4. The van der Waals surface area contributed by atoms with Crippen LogP contribution >= 0.6 is 0 Å². The summed E-state index contributed by atoms with van der Waals surface area (Å²) in [6.07, 6.45) is 9.41. The van der Waals surface area contributed by atoms with Crippen LogP contribution in [0, 0.1) is 0 Å². The lowest BCUT2D eigenvalue weighted by molar-refractivity contribution is 1.26. The molecule has 0 saturated carbocycles. The van der Waals surface area contributed by atoms with Crippen LogP contribution in [0.1, 0.15) is 22.3 Å². The van der Waals surface area contributed by atoms with Crippen LogP contribution in [0.3, 0.4) is 0 Å². The highest BCUT2D eigenvalue weighted by Crippen LogP contribution is 2.35. The summed E-state index contributed by atoms with van der Waals surface area (Å²) in [6.45, 7) is 0. The van der Waals surface area contributed by atoms with Crippen LogP contribution in [0.5, 0.6) is 0 Å². The van der Waals surface area contributed by atoms with Crippen molar-refractivity contribution in [1.82, 2.24) is 0 Å². The lowest BCUT2D eigenvalue weighted by Crippen LogP contribution is -1.77. The number of rotatable bonds is 3. The van der Waals surface area contributed by atoms with E-state index in [9.17, 15) is 0 Å². The zero-order valence-electron chi connectivity index (χ0n) is 16.4. The molecule has 0 saturated heterocycles. The Morgan fingerprint density at radius 1 is 0.414 bits per heavy atom. The van der Waals surface area contributed by atoms with Gasteiger partial charge < -0.3 is 0 Å². The van der Waals surface area contributed by atoms with E-state index in [2.05, 4.69) is 97.1 Å². The van der Waals surface area contributed by atoms with E-state index in [4.69, 9.17) is 0 Å². The van der Waals surface area contributed by atoms with E-state index >= 15 is 0 Å². The maximum absolute atomic E-state index is 2.22. The molecule has 4 aromatic carbocycles. The minimum atomic E-state index is 1.10. The molecule has 5 rings (SSSR count). The minimum Gasteiger partial charge on any atom is -0.0622 e. The number of allylic oxidation sites excluding steroid dienone is 2. The molecule has 4 aromatic rings. The predicted octanol–water partition coefficient (Wildman–Crippen LogP) is 7.67. The molecule has 0 unspecified atom stereocenters. The van der Waals surface area contributed by atoms with E-state index in [1.807, 2.05) is 36.4 Å². The van der Waals surface area contributed by atoms with Gasteiger partial charge in [-0.15, -0.1) is 0 Å². The van der Waals surface area contributed by atoms with E-state index in [1.54, 1.807) is 0 Å². The molecule has 0 atom stereocenters. The van der Waals surface area contributed by atoms with Gasteiger partial charge in [-0.2, -0.15) is 0 Å². The smallest absolute Gasteiger partial charge is 0.00135 e. The Morgan fingerprint density at radius 3 is 1.24 bits per heavy atom. The molecule has 0 fully saturated rings. The quantitative estimate of drug-likeness (QED) is 0.285. The Morgan fingerprint density at radius 2 is 0.793 bits per heavy atom. The van der Waals surface area contributed by atoms with Crippen molar-refractivity contribution in [3.63, 3.8) is 0 Å². The normalized spacial score (nSPS) is 11.7. The highest BCUT2D eigenvalue weighted by Gasteiger charge is 2.15. The van der Waals surface area contributed by atoms with Gasteiger partial charge in [-0.1, -0.05) is 133 Å². The fourth-order valence-corrected chi connectivity index (χ4v) is 3.54. The zero-order valence-corrected chi connectivity index (χ0v) is 16.4. The second kappa shape index (κ2) is 9.52. The van der Waals surface area contributed by atoms with Gasteiger partial charge in [-0.05, 0) is 39.8 Å². The van der Waals surface area contributed by atoms with Crippen LogP contribution in [-0.2, 0) is 6.42 Å². The molecule has 0 spiro atoms. The first kappa shape index (κ1) is 18.7. The summed E-state index contributed by atoms with van der Waals surface area (Å²) in [7, 11) is 0. The third kappa shape index (κ3) is 5.00. The first-order valence-corrected chi connectivity index (χ1v) is 10.0. The summed E-state index contributed by atoms with van der Waals surface area (Å²) in [5, 5.41) is 0. The lowest BCUT2D eigenvalue weighted by atomic mass is 10.1. The second-order valence-corrected chi connectivity index (χ2v) is 7.03. The maximum Gasteiger partial charge on any atom is -0.00135 e. The van der Waals surface area contributed by atoms with Gasteiger partial charge in [0.15, 0.2) is 0 Å². The van der Waals surface area contributed by atoms with Gasteiger partial charge in [-0.3, -0.25) is 0 Å². The van der Waals surface area contributed by atoms with Crippen LogP contribution in [-0.4, -0.2) is 0 Å². The van der Waals surface area contributed by atoms with E-state index in [-0.39, 0.29) is 0 Å². The molecule has 0 aromatic heterocycles. The maximum atomic E-state index is 2.22. The van der Waals surface area contributed by atoms with E-state index in [0.717, 1.165) is 6.42 Å². The fraction of sp³-hybridized carbons (Fsp3) is 0.0345. The molecule has 0 N–H and O–H groups in total. The molecule has 0 nitrogen and oxygen atoms in total. The summed E-state index contributed by atoms with van der Waals surface area (Å²) >= 11 is 0. The Bertz CT molecular complexity index is 1010. The van der Waals surface area contributed by atoms with Gasteiger partial charge in [0.1, 0.15) is 0 Å². The van der Waals surface area contributed by atoms with Crippen molar-refractivity contribution in [1.29, 1.82) is 0 Å². The molecule has 0 heterocycles. The highest BCUT2D eigenvalue weighted by molar-refractivity contribution is 5.76. The van der Waals surface area contributed by atoms with E-state index in [0.29, 0.717) is 0 Å². The molecule has 0 amide bonds. The third-order valence-corrected chi connectivity index (χ3v) is 4.99. The van der Waals surface area contributed by atoms with Crippen LogP contribution in [0.2, 0.25) is 0 Å². The topological polar surface area (TPSA) is 0 Å². The molecule has 140 valence electrons. The molecular weight excluding hydrogens is 348 g/mol. The van der Waals surface area contributed by atoms with Crippen LogP contribution in [0.4, 0.5) is 0 Å². The Labute approximate surface area is 173 Å². The van der Waals surface area contributed by atoms with Crippen molar-refractivity contribution in [2.75, 3.05) is 0 Å². The van der Waals surface area contributed by atoms with Gasteiger partial charge in [0.25, 0.3) is 0 Å².